The van der Waals surface area contributed by atoms with E-state index < -0.39 is 6.10 Å². The molecule has 0 amide bonds. The second-order valence-corrected chi connectivity index (χ2v) is 8.43. The average Bonchev–Trinajstić information content (AvgIpc) is 3.22. The largest absolute Gasteiger partial charge is 0.497 e. The van der Waals surface area contributed by atoms with Crippen molar-refractivity contribution >= 4 is 17.3 Å². The van der Waals surface area contributed by atoms with E-state index in [2.05, 4.69) is 10.1 Å². The summed E-state index contributed by atoms with van der Waals surface area (Å²) < 4.78 is 10.8. The molecule has 2 atom stereocenters. The molecule has 0 saturated carbocycles. The summed E-state index contributed by atoms with van der Waals surface area (Å²) in [7, 11) is 1.65. The zero-order valence-corrected chi connectivity index (χ0v) is 19.1. The minimum atomic E-state index is -0.603. The molecule has 0 saturated heterocycles. The molecule has 168 valence electrons. The van der Waals surface area contributed by atoms with Crippen molar-refractivity contribution in [3.05, 3.63) is 64.7 Å². The van der Waals surface area contributed by atoms with E-state index in [9.17, 15) is 5.11 Å². The van der Waals surface area contributed by atoms with Crippen LogP contribution in [-0.2, 0) is 16.1 Å². The summed E-state index contributed by atoms with van der Waals surface area (Å²) >= 11 is 6.37. The van der Waals surface area contributed by atoms with Crippen molar-refractivity contribution in [2.24, 2.45) is 5.16 Å². The highest BCUT2D eigenvalue weighted by Crippen LogP contribution is 2.22. The van der Waals surface area contributed by atoms with E-state index in [-0.39, 0.29) is 18.8 Å². The minimum Gasteiger partial charge on any atom is -0.497 e. The Morgan fingerprint density at radius 3 is 2.61 bits per heavy atom. The van der Waals surface area contributed by atoms with E-state index in [0.717, 1.165) is 22.6 Å². The molecule has 1 N–H and O–H groups in total. The van der Waals surface area contributed by atoms with Crippen LogP contribution < -0.4 is 4.74 Å². The first-order valence-corrected chi connectivity index (χ1v) is 10.9. The van der Waals surface area contributed by atoms with Crippen LogP contribution in [0.5, 0.6) is 5.75 Å². The quantitative estimate of drug-likeness (QED) is 0.562. The molecular formula is C24H31ClN2O4. The number of aliphatic hydroxyl groups is 1. The van der Waals surface area contributed by atoms with Gasteiger partial charge in [-0.05, 0) is 55.3 Å². The van der Waals surface area contributed by atoms with Gasteiger partial charge in [-0.3, -0.25) is 4.90 Å². The van der Waals surface area contributed by atoms with Crippen molar-refractivity contribution in [2.75, 3.05) is 26.8 Å². The SMILES string of the molecule is COc1ccc(C2=NO[C@H](CN(Cc3ccccc3Cl)C[C@@H](O)COC(C)C)C2)cc1. The maximum Gasteiger partial charge on any atom is 0.145 e. The Hall–Kier alpha value is -2.12. The van der Waals surface area contributed by atoms with Crippen molar-refractivity contribution in [3.63, 3.8) is 0 Å². The Kier molecular flexibility index (Phi) is 8.72. The monoisotopic (exact) mass is 446 g/mol. The second-order valence-electron chi connectivity index (χ2n) is 8.02. The molecule has 6 nitrogen and oxygen atoms in total. The normalized spacial score (nSPS) is 17.0. The fraction of sp³-hybridized carbons (Fsp3) is 0.458. The van der Waals surface area contributed by atoms with E-state index >= 15 is 0 Å². The van der Waals surface area contributed by atoms with Crippen LogP contribution in [0.2, 0.25) is 5.02 Å². The molecule has 7 heteroatoms. The molecule has 0 bridgehead atoms. The number of hydrogen-bond acceptors (Lipinski definition) is 6. The number of methoxy groups -OCH3 is 1. The second kappa shape index (κ2) is 11.5. The standard InChI is InChI=1S/C24H31ClN2O4/c1-17(2)30-16-20(28)14-27(13-19-6-4-5-7-23(19)25)15-22-12-24(26-31-22)18-8-10-21(29-3)11-9-18/h4-11,17,20,22,28H,12-16H2,1-3H3/t20-,22+/m1/s1. The van der Waals surface area contributed by atoms with Crippen LogP contribution in [0, 0.1) is 0 Å². The van der Waals surface area contributed by atoms with Crippen LogP contribution in [0.15, 0.2) is 53.7 Å². The summed E-state index contributed by atoms with van der Waals surface area (Å²) in [5.74, 6) is 0.809. The lowest BCUT2D eigenvalue weighted by Crippen LogP contribution is -2.39. The van der Waals surface area contributed by atoms with Crippen LogP contribution in [0.25, 0.3) is 0 Å². The van der Waals surface area contributed by atoms with Gasteiger partial charge < -0.3 is 19.4 Å². The Morgan fingerprint density at radius 1 is 1.19 bits per heavy atom. The lowest BCUT2D eigenvalue weighted by atomic mass is 10.0. The number of benzene rings is 2. The molecule has 1 aliphatic rings. The highest BCUT2D eigenvalue weighted by atomic mass is 35.5. The smallest absolute Gasteiger partial charge is 0.145 e. The summed E-state index contributed by atoms with van der Waals surface area (Å²) in [5, 5.41) is 15.5. The summed E-state index contributed by atoms with van der Waals surface area (Å²) in [6, 6.07) is 15.6. The molecule has 0 spiro atoms. The molecule has 0 aliphatic carbocycles. The number of halogens is 1. The summed E-state index contributed by atoms with van der Waals surface area (Å²) in [4.78, 5) is 7.87. The number of rotatable bonds is 11. The van der Waals surface area contributed by atoms with Crippen LogP contribution in [0.1, 0.15) is 31.4 Å². The number of nitrogens with zero attached hydrogens (tertiary/aromatic N) is 2. The molecule has 2 aromatic carbocycles. The van der Waals surface area contributed by atoms with Gasteiger partial charge in [0.1, 0.15) is 11.9 Å². The number of oxime groups is 1. The molecule has 3 rings (SSSR count). The fourth-order valence-electron chi connectivity index (χ4n) is 3.49. The van der Waals surface area contributed by atoms with Crippen LogP contribution >= 0.6 is 11.6 Å². The van der Waals surface area contributed by atoms with E-state index in [1.807, 2.05) is 62.4 Å². The Morgan fingerprint density at radius 2 is 1.94 bits per heavy atom. The third kappa shape index (κ3) is 7.21. The lowest BCUT2D eigenvalue weighted by Gasteiger charge is -2.27. The molecular weight excluding hydrogens is 416 g/mol. The van der Waals surface area contributed by atoms with Gasteiger partial charge in [0.05, 0.1) is 31.6 Å². The van der Waals surface area contributed by atoms with Gasteiger partial charge in [0.25, 0.3) is 0 Å². The fourth-order valence-corrected chi connectivity index (χ4v) is 3.69. The average molecular weight is 447 g/mol. The van der Waals surface area contributed by atoms with Crippen molar-refractivity contribution < 1.29 is 19.4 Å². The first-order valence-electron chi connectivity index (χ1n) is 10.6. The molecule has 0 aromatic heterocycles. The van der Waals surface area contributed by atoms with Gasteiger partial charge in [-0.25, -0.2) is 0 Å². The molecule has 0 fully saturated rings. The summed E-state index contributed by atoms with van der Waals surface area (Å²) in [5.41, 5.74) is 2.94. The predicted octanol–water partition coefficient (Wildman–Crippen LogP) is 4.13. The Labute approximate surface area is 189 Å². The zero-order valence-electron chi connectivity index (χ0n) is 18.3. The summed E-state index contributed by atoms with van der Waals surface area (Å²) in [6.45, 7) is 5.88. The molecule has 0 unspecified atom stereocenters. The lowest BCUT2D eigenvalue weighted by molar-refractivity contribution is -0.0194. The number of aliphatic hydroxyl groups excluding tert-OH is 1. The molecule has 31 heavy (non-hydrogen) atoms. The Balaban J connectivity index is 1.62. The molecule has 2 aromatic rings. The van der Waals surface area contributed by atoms with Gasteiger partial charge in [-0.15, -0.1) is 0 Å². The topological polar surface area (TPSA) is 63.5 Å². The highest BCUT2D eigenvalue weighted by Gasteiger charge is 2.26. The minimum absolute atomic E-state index is 0.0743. The van der Waals surface area contributed by atoms with E-state index in [0.29, 0.717) is 31.1 Å². The third-order valence-corrected chi connectivity index (χ3v) is 5.43. The maximum absolute atomic E-state index is 10.5. The summed E-state index contributed by atoms with van der Waals surface area (Å²) in [6.07, 6.45) is 0.0700. The zero-order chi connectivity index (χ0) is 22.2. The first-order chi connectivity index (χ1) is 14.9. The van der Waals surface area contributed by atoms with Crippen LogP contribution in [-0.4, -0.2) is 60.8 Å². The van der Waals surface area contributed by atoms with Gasteiger partial charge in [0.15, 0.2) is 0 Å². The van der Waals surface area contributed by atoms with Crippen molar-refractivity contribution in [3.8, 4) is 5.75 Å². The Bertz CT molecular complexity index is 857. The van der Waals surface area contributed by atoms with Crippen molar-refractivity contribution in [1.82, 2.24) is 4.90 Å². The van der Waals surface area contributed by atoms with Gasteiger partial charge in [0.2, 0.25) is 0 Å². The van der Waals surface area contributed by atoms with Gasteiger partial charge in [-0.2, -0.15) is 0 Å². The number of ether oxygens (including phenoxy) is 2. The van der Waals surface area contributed by atoms with Crippen molar-refractivity contribution in [2.45, 2.75) is 45.1 Å². The third-order valence-electron chi connectivity index (χ3n) is 5.06. The van der Waals surface area contributed by atoms with E-state index in [1.54, 1.807) is 7.11 Å². The molecule has 0 radical (unpaired) electrons. The van der Waals surface area contributed by atoms with E-state index in [4.69, 9.17) is 25.9 Å². The van der Waals surface area contributed by atoms with Crippen molar-refractivity contribution in [1.29, 1.82) is 0 Å². The number of hydrogen-bond donors (Lipinski definition) is 1. The predicted molar refractivity (Wildman–Crippen MR) is 123 cm³/mol. The van der Waals surface area contributed by atoms with Gasteiger partial charge in [-0.1, -0.05) is 35.0 Å². The van der Waals surface area contributed by atoms with Crippen LogP contribution in [0.4, 0.5) is 0 Å². The highest BCUT2D eigenvalue weighted by molar-refractivity contribution is 6.31. The van der Waals surface area contributed by atoms with Crippen LogP contribution in [0.3, 0.4) is 0 Å². The molecule has 1 heterocycles. The first kappa shape index (κ1) is 23.5. The molecule has 1 aliphatic heterocycles. The van der Waals surface area contributed by atoms with Gasteiger partial charge in [0, 0.05) is 31.1 Å². The van der Waals surface area contributed by atoms with E-state index in [1.165, 1.54) is 0 Å². The van der Waals surface area contributed by atoms with Gasteiger partial charge >= 0.3 is 0 Å². The maximum atomic E-state index is 10.5.